The van der Waals surface area contributed by atoms with Gasteiger partial charge in [0.1, 0.15) is 0 Å². The number of methoxy groups -OCH3 is 1. The van der Waals surface area contributed by atoms with E-state index in [2.05, 4.69) is 5.32 Å². The number of ether oxygens (including phenoxy) is 2. The summed E-state index contributed by atoms with van der Waals surface area (Å²) < 4.78 is 10.6. The summed E-state index contributed by atoms with van der Waals surface area (Å²) in [7, 11) is 1.48. The molecule has 0 fully saturated rings. The van der Waals surface area contributed by atoms with E-state index in [-0.39, 0.29) is 10.9 Å². The molecule has 23 heavy (non-hydrogen) atoms. The van der Waals surface area contributed by atoms with Gasteiger partial charge in [0.25, 0.3) is 5.91 Å². The summed E-state index contributed by atoms with van der Waals surface area (Å²) in [4.78, 5) is 12.4. The van der Waals surface area contributed by atoms with Gasteiger partial charge in [-0.25, -0.2) is 0 Å². The fraction of sp³-hybridized carbons (Fsp3) is 0.188. The molecule has 1 amide bonds. The minimum atomic E-state index is -0.375. The van der Waals surface area contributed by atoms with Crippen molar-refractivity contribution in [1.82, 2.24) is 0 Å². The lowest BCUT2D eigenvalue weighted by Crippen LogP contribution is -2.13. The van der Waals surface area contributed by atoms with Gasteiger partial charge in [0.05, 0.1) is 29.4 Å². The summed E-state index contributed by atoms with van der Waals surface area (Å²) in [5, 5.41) is 3.81. The molecule has 122 valence electrons. The number of halogens is 3. The van der Waals surface area contributed by atoms with Gasteiger partial charge in [0, 0.05) is 10.6 Å². The Bertz CT molecular complexity index is 735. The highest BCUT2D eigenvalue weighted by Gasteiger charge is 2.16. The second-order valence-corrected chi connectivity index (χ2v) is 5.75. The molecule has 0 aliphatic carbocycles. The third-order valence-corrected chi connectivity index (χ3v) is 3.78. The average molecular weight is 375 g/mol. The van der Waals surface area contributed by atoms with Crippen molar-refractivity contribution in [2.24, 2.45) is 0 Å². The molecule has 0 aromatic heterocycles. The van der Waals surface area contributed by atoms with Crippen LogP contribution in [0.4, 0.5) is 5.69 Å². The zero-order valence-electron chi connectivity index (χ0n) is 12.5. The second kappa shape index (κ2) is 7.77. The largest absolute Gasteiger partial charge is 0.491 e. The molecule has 7 heteroatoms. The van der Waals surface area contributed by atoms with Crippen molar-refractivity contribution in [1.29, 1.82) is 0 Å². The Labute approximate surface area is 149 Å². The molecule has 0 bridgehead atoms. The van der Waals surface area contributed by atoms with Crippen LogP contribution in [0.1, 0.15) is 17.3 Å². The minimum Gasteiger partial charge on any atom is -0.491 e. The Morgan fingerprint density at radius 1 is 1.13 bits per heavy atom. The van der Waals surface area contributed by atoms with Gasteiger partial charge in [-0.15, -0.1) is 0 Å². The van der Waals surface area contributed by atoms with Crippen molar-refractivity contribution >= 4 is 46.4 Å². The number of hydrogen-bond donors (Lipinski definition) is 1. The summed E-state index contributed by atoms with van der Waals surface area (Å²) in [6.45, 7) is 2.24. The van der Waals surface area contributed by atoms with Gasteiger partial charge in [0.15, 0.2) is 11.5 Å². The fourth-order valence-corrected chi connectivity index (χ4v) is 2.69. The smallest absolute Gasteiger partial charge is 0.255 e. The van der Waals surface area contributed by atoms with Crippen LogP contribution < -0.4 is 14.8 Å². The van der Waals surface area contributed by atoms with E-state index in [0.717, 1.165) is 0 Å². The Kier molecular flexibility index (Phi) is 5.99. The van der Waals surface area contributed by atoms with Gasteiger partial charge in [0.2, 0.25) is 0 Å². The highest BCUT2D eigenvalue weighted by Crippen LogP contribution is 2.36. The van der Waals surface area contributed by atoms with Gasteiger partial charge >= 0.3 is 0 Å². The zero-order valence-corrected chi connectivity index (χ0v) is 14.7. The maximum absolute atomic E-state index is 12.4. The molecule has 0 aliphatic rings. The molecule has 2 rings (SSSR count). The fourth-order valence-electron chi connectivity index (χ4n) is 1.95. The van der Waals surface area contributed by atoms with Crippen LogP contribution in [0.3, 0.4) is 0 Å². The van der Waals surface area contributed by atoms with Crippen LogP contribution in [0.15, 0.2) is 30.3 Å². The molecule has 0 atom stereocenters. The Hall–Kier alpha value is -1.62. The normalized spacial score (nSPS) is 10.3. The maximum Gasteiger partial charge on any atom is 0.255 e. The molecule has 0 spiro atoms. The number of nitrogens with one attached hydrogen (secondary N) is 1. The van der Waals surface area contributed by atoms with E-state index in [4.69, 9.17) is 44.3 Å². The molecular weight excluding hydrogens is 361 g/mol. The van der Waals surface area contributed by atoms with Crippen molar-refractivity contribution in [2.45, 2.75) is 6.92 Å². The number of hydrogen-bond acceptors (Lipinski definition) is 3. The summed E-state index contributed by atoms with van der Waals surface area (Å²) >= 11 is 18.0. The van der Waals surface area contributed by atoms with Crippen LogP contribution >= 0.6 is 34.8 Å². The van der Waals surface area contributed by atoms with Crippen molar-refractivity contribution < 1.29 is 14.3 Å². The van der Waals surface area contributed by atoms with Crippen molar-refractivity contribution in [3.8, 4) is 11.5 Å². The molecule has 2 aromatic rings. The molecule has 0 aliphatic heterocycles. The first-order valence-corrected chi connectivity index (χ1v) is 7.86. The summed E-state index contributed by atoms with van der Waals surface area (Å²) in [5.41, 5.74) is 0.774. The van der Waals surface area contributed by atoms with Crippen LogP contribution in [0, 0.1) is 0 Å². The van der Waals surface area contributed by atoms with E-state index in [9.17, 15) is 4.79 Å². The molecule has 1 N–H and O–H groups in total. The number of carbonyl (C=O) groups excluding carboxylic acids is 1. The van der Waals surface area contributed by atoms with Crippen molar-refractivity contribution in [3.63, 3.8) is 0 Å². The SMILES string of the molecule is CCOc1cc(C(=O)Nc2ccc(Cl)cc2Cl)cc(Cl)c1OC. The highest BCUT2D eigenvalue weighted by molar-refractivity contribution is 6.37. The predicted octanol–water partition coefficient (Wildman–Crippen LogP) is 5.31. The van der Waals surface area contributed by atoms with Crippen LogP contribution in [-0.4, -0.2) is 19.6 Å². The Morgan fingerprint density at radius 3 is 2.48 bits per heavy atom. The van der Waals surface area contributed by atoms with Crippen LogP contribution in [0.25, 0.3) is 0 Å². The monoisotopic (exact) mass is 373 g/mol. The van der Waals surface area contributed by atoms with Gasteiger partial charge in [-0.1, -0.05) is 34.8 Å². The van der Waals surface area contributed by atoms with Crippen molar-refractivity contribution in [3.05, 3.63) is 51.0 Å². The van der Waals surface area contributed by atoms with Gasteiger partial charge < -0.3 is 14.8 Å². The molecule has 0 heterocycles. The van der Waals surface area contributed by atoms with E-state index in [1.54, 1.807) is 24.3 Å². The second-order valence-electron chi connectivity index (χ2n) is 4.50. The quantitative estimate of drug-likeness (QED) is 0.772. The van der Waals surface area contributed by atoms with E-state index in [1.807, 2.05) is 6.92 Å². The molecule has 0 unspecified atom stereocenters. The van der Waals surface area contributed by atoms with Gasteiger partial charge in [-0.3, -0.25) is 4.79 Å². The third-order valence-electron chi connectivity index (χ3n) is 2.96. The topological polar surface area (TPSA) is 47.6 Å². The lowest BCUT2D eigenvalue weighted by Gasteiger charge is -2.13. The highest BCUT2D eigenvalue weighted by atomic mass is 35.5. The van der Waals surface area contributed by atoms with Crippen molar-refractivity contribution in [2.75, 3.05) is 19.0 Å². The van der Waals surface area contributed by atoms with Crippen LogP contribution in [-0.2, 0) is 0 Å². The molecule has 0 radical (unpaired) electrons. The maximum atomic E-state index is 12.4. The lowest BCUT2D eigenvalue weighted by molar-refractivity contribution is 0.102. The molecular formula is C16H14Cl3NO3. The molecule has 4 nitrogen and oxygen atoms in total. The average Bonchev–Trinajstić information content (AvgIpc) is 2.50. The zero-order chi connectivity index (χ0) is 17.0. The van der Waals surface area contributed by atoms with E-state index >= 15 is 0 Å². The summed E-state index contributed by atoms with van der Waals surface area (Å²) in [6.07, 6.45) is 0. The Morgan fingerprint density at radius 2 is 1.87 bits per heavy atom. The number of benzene rings is 2. The third kappa shape index (κ3) is 4.22. The Balaban J connectivity index is 2.32. The van der Waals surface area contributed by atoms with Crippen LogP contribution in [0.2, 0.25) is 15.1 Å². The van der Waals surface area contributed by atoms with E-state index < -0.39 is 0 Å². The first kappa shape index (κ1) is 17.7. The first-order chi connectivity index (χ1) is 11.0. The minimum absolute atomic E-state index is 0.283. The number of anilines is 1. The predicted molar refractivity (Wildman–Crippen MR) is 93.6 cm³/mol. The van der Waals surface area contributed by atoms with Gasteiger partial charge in [-0.2, -0.15) is 0 Å². The number of carbonyl (C=O) groups is 1. The number of amides is 1. The standard InChI is InChI=1S/C16H14Cl3NO3/c1-3-23-14-7-9(6-12(19)15(14)22-2)16(21)20-13-5-4-10(17)8-11(13)18/h4-8H,3H2,1-2H3,(H,20,21). The number of rotatable bonds is 5. The molecule has 0 saturated heterocycles. The summed E-state index contributed by atoms with van der Waals surface area (Å²) in [5.74, 6) is 0.407. The van der Waals surface area contributed by atoms with E-state index in [0.29, 0.717) is 39.4 Å². The molecule has 0 saturated carbocycles. The lowest BCUT2D eigenvalue weighted by atomic mass is 10.1. The summed E-state index contributed by atoms with van der Waals surface area (Å²) in [6, 6.07) is 7.87. The van der Waals surface area contributed by atoms with E-state index in [1.165, 1.54) is 13.2 Å². The molecule has 2 aromatic carbocycles. The van der Waals surface area contributed by atoms with Crippen LogP contribution in [0.5, 0.6) is 11.5 Å². The first-order valence-electron chi connectivity index (χ1n) is 6.73. The van der Waals surface area contributed by atoms with Gasteiger partial charge in [-0.05, 0) is 37.3 Å².